The highest BCUT2D eigenvalue weighted by Gasteiger charge is 2.34. The number of hydrogen-bond acceptors (Lipinski definition) is 2. The van der Waals surface area contributed by atoms with Crippen LogP contribution in [-0.4, -0.2) is 8.42 Å². The summed E-state index contributed by atoms with van der Waals surface area (Å²) in [5, 5.41) is 0. The maximum absolute atomic E-state index is 13.6. The highest BCUT2D eigenvalue weighted by molar-refractivity contribution is 9.10. The molecule has 27 heavy (non-hydrogen) atoms. The molecule has 0 spiro atoms. The lowest BCUT2D eigenvalue weighted by molar-refractivity contribution is 0.586. The number of rotatable bonds is 3. The molecule has 3 aromatic rings. The smallest absolute Gasteiger partial charge is 0.254 e. The van der Waals surface area contributed by atoms with Crippen molar-refractivity contribution in [1.82, 2.24) is 0 Å². The minimum Gasteiger partial charge on any atom is -0.254 e. The van der Waals surface area contributed by atoms with Crippen molar-refractivity contribution in [1.29, 1.82) is 0 Å². The van der Waals surface area contributed by atoms with E-state index in [4.69, 9.17) is 0 Å². The van der Waals surface area contributed by atoms with Gasteiger partial charge in [-0.05, 0) is 48.4 Å². The van der Waals surface area contributed by atoms with Crippen LogP contribution in [0.2, 0.25) is 0 Å². The van der Waals surface area contributed by atoms with Crippen LogP contribution in [0.15, 0.2) is 88.2 Å². The molecule has 5 heteroatoms. The predicted molar refractivity (Wildman–Crippen MR) is 113 cm³/mol. The molecule has 1 heterocycles. The molecule has 1 unspecified atom stereocenters. The van der Waals surface area contributed by atoms with Gasteiger partial charge in [0.2, 0.25) is 0 Å². The number of benzene rings is 3. The summed E-state index contributed by atoms with van der Waals surface area (Å²) < 4.78 is 29.7. The Hall–Kier alpha value is -2.37. The second-order valence-electron chi connectivity index (χ2n) is 6.53. The van der Waals surface area contributed by atoms with Crippen molar-refractivity contribution in [2.24, 2.45) is 0 Å². The fourth-order valence-electron chi connectivity index (χ4n) is 3.26. The van der Waals surface area contributed by atoms with Gasteiger partial charge in [-0.3, -0.25) is 4.31 Å². The van der Waals surface area contributed by atoms with Crippen LogP contribution in [0.3, 0.4) is 0 Å². The average molecular weight is 440 g/mol. The second-order valence-corrected chi connectivity index (χ2v) is 9.26. The first kappa shape index (κ1) is 18.0. The molecule has 4 rings (SSSR count). The topological polar surface area (TPSA) is 37.4 Å². The summed E-state index contributed by atoms with van der Waals surface area (Å²) in [7, 11) is -3.73. The van der Waals surface area contributed by atoms with Gasteiger partial charge < -0.3 is 0 Å². The summed E-state index contributed by atoms with van der Waals surface area (Å²) in [6.07, 6.45) is 3.93. The van der Waals surface area contributed by atoms with E-state index in [1.807, 2.05) is 79.7 Å². The van der Waals surface area contributed by atoms with Crippen molar-refractivity contribution in [3.63, 3.8) is 0 Å². The first-order chi connectivity index (χ1) is 13.0. The Kier molecular flexibility index (Phi) is 4.66. The van der Waals surface area contributed by atoms with Gasteiger partial charge in [0.05, 0.1) is 16.6 Å². The van der Waals surface area contributed by atoms with Gasteiger partial charge in [-0.25, -0.2) is 8.42 Å². The molecule has 0 bridgehead atoms. The number of anilines is 1. The van der Waals surface area contributed by atoms with Crippen LogP contribution >= 0.6 is 15.9 Å². The largest absolute Gasteiger partial charge is 0.265 e. The third kappa shape index (κ3) is 3.33. The van der Waals surface area contributed by atoms with Gasteiger partial charge in [0, 0.05) is 4.47 Å². The molecule has 0 aliphatic carbocycles. The van der Waals surface area contributed by atoms with Crippen molar-refractivity contribution < 1.29 is 8.42 Å². The monoisotopic (exact) mass is 439 g/mol. The van der Waals surface area contributed by atoms with Gasteiger partial charge in [-0.2, -0.15) is 0 Å². The molecule has 0 aromatic heterocycles. The summed E-state index contributed by atoms with van der Waals surface area (Å²) in [6.45, 7) is 1.94. The maximum Gasteiger partial charge on any atom is 0.265 e. The van der Waals surface area contributed by atoms with Crippen molar-refractivity contribution >= 4 is 37.7 Å². The summed E-state index contributed by atoms with van der Waals surface area (Å²) in [6, 6.07) is 21.9. The molecule has 0 fully saturated rings. The van der Waals surface area contributed by atoms with E-state index in [0.717, 1.165) is 21.2 Å². The van der Waals surface area contributed by atoms with Gasteiger partial charge in [-0.15, -0.1) is 0 Å². The van der Waals surface area contributed by atoms with Crippen molar-refractivity contribution in [3.05, 3.63) is 100 Å². The van der Waals surface area contributed by atoms with Crippen molar-refractivity contribution in [3.8, 4) is 0 Å². The first-order valence-electron chi connectivity index (χ1n) is 8.60. The minimum atomic E-state index is -3.73. The normalized spacial score (nSPS) is 16.2. The molecule has 3 aromatic carbocycles. The van der Waals surface area contributed by atoms with Crippen LogP contribution in [-0.2, 0) is 10.0 Å². The Morgan fingerprint density at radius 3 is 2.26 bits per heavy atom. The van der Waals surface area contributed by atoms with Gasteiger partial charge in [0.25, 0.3) is 10.0 Å². The molecule has 1 aliphatic heterocycles. The van der Waals surface area contributed by atoms with Crippen LogP contribution in [0, 0.1) is 6.92 Å². The number of halogens is 1. The Balaban J connectivity index is 1.90. The van der Waals surface area contributed by atoms with E-state index >= 15 is 0 Å². The zero-order valence-corrected chi connectivity index (χ0v) is 17.1. The molecule has 0 N–H and O–H groups in total. The molecule has 1 aliphatic rings. The van der Waals surface area contributed by atoms with E-state index < -0.39 is 16.1 Å². The fourth-order valence-corrected chi connectivity index (χ4v) is 5.15. The highest BCUT2D eigenvalue weighted by atomic mass is 79.9. The third-order valence-corrected chi connectivity index (χ3v) is 7.01. The third-order valence-electron chi connectivity index (χ3n) is 4.67. The quantitative estimate of drug-likeness (QED) is 0.522. The molecule has 0 saturated carbocycles. The van der Waals surface area contributed by atoms with E-state index in [9.17, 15) is 8.42 Å². The Morgan fingerprint density at radius 1 is 0.889 bits per heavy atom. The zero-order chi connectivity index (χ0) is 19.0. The number of para-hydroxylation sites is 1. The van der Waals surface area contributed by atoms with E-state index in [1.54, 1.807) is 12.1 Å². The predicted octanol–water partition coefficient (Wildman–Crippen LogP) is 5.72. The van der Waals surface area contributed by atoms with Crippen LogP contribution < -0.4 is 4.31 Å². The highest BCUT2D eigenvalue weighted by Crippen LogP contribution is 2.40. The van der Waals surface area contributed by atoms with E-state index in [1.165, 1.54) is 4.31 Å². The van der Waals surface area contributed by atoms with Crippen LogP contribution in [0.5, 0.6) is 0 Å². The summed E-state index contributed by atoms with van der Waals surface area (Å²) in [5.41, 5.74) is 3.52. The standard InChI is InChI=1S/C22H18BrNO2S/c1-16-6-13-20(14-7-16)27(25,26)24-21-5-3-2-4-17(21)10-15-22(24)18-8-11-19(23)12-9-18/h2-15,22H,1H3. The maximum atomic E-state index is 13.6. The SMILES string of the molecule is Cc1ccc(S(=O)(=O)N2c3ccccc3C=CC2c2ccc(Br)cc2)cc1. The number of sulfonamides is 1. The van der Waals surface area contributed by atoms with E-state index in [0.29, 0.717) is 10.6 Å². The molecule has 0 radical (unpaired) electrons. The van der Waals surface area contributed by atoms with Crippen molar-refractivity contribution in [2.45, 2.75) is 17.9 Å². The van der Waals surface area contributed by atoms with Gasteiger partial charge in [0.1, 0.15) is 0 Å². The second kappa shape index (κ2) is 6.98. The Morgan fingerprint density at radius 2 is 1.56 bits per heavy atom. The van der Waals surface area contributed by atoms with E-state index in [2.05, 4.69) is 15.9 Å². The molecule has 136 valence electrons. The summed E-state index contributed by atoms with van der Waals surface area (Å²) in [5.74, 6) is 0. The molecular weight excluding hydrogens is 422 g/mol. The average Bonchev–Trinajstić information content (AvgIpc) is 2.68. The molecule has 0 saturated heterocycles. The van der Waals surface area contributed by atoms with Crippen LogP contribution in [0.1, 0.15) is 22.7 Å². The molecule has 3 nitrogen and oxygen atoms in total. The van der Waals surface area contributed by atoms with Crippen LogP contribution in [0.4, 0.5) is 5.69 Å². The number of fused-ring (bicyclic) bond motifs is 1. The van der Waals surface area contributed by atoms with E-state index in [-0.39, 0.29) is 0 Å². The summed E-state index contributed by atoms with van der Waals surface area (Å²) in [4.78, 5) is 0.292. The number of hydrogen-bond donors (Lipinski definition) is 0. The molecule has 0 amide bonds. The lowest BCUT2D eigenvalue weighted by atomic mass is 10.00. The summed E-state index contributed by atoms with van der Waals surface area (Å²) >= 11 is 3.44. The molecular formula is C22H18BrNO2S. The van der Waals surface area contributed by atoms with Gasteiger partial charge in [-0.1, -0.05) is 76.1 Å². The minimum absolute atomic E-state index is 0.292. The zero-order valence-electron chi connectivity index (χ0n) is 14.7. The first-order valence-corrected chi connectivity index (χ1v) is 10.8. The molecule has 1 atom stereocenters. The lowest BCUT2D eigenvalue weighted by Gasteiger charge is -2.35. The van der Waals surface area contributed by atoms with Crippen molar-refractivity contribution in [2.75, 3.05) is 4.31 Å². The fraction of sp³-hybridized carbons (Fsp3) is 0.0909. The van der Waals surface area contributed by atoms with Crippen LogP contribution in [0.25, 0.3) is 6.08 Å². The number of aryl methyl sites for hydroxylation is 1. The Labute approximate surface area is 168 Å². The Bertz CT molecular complexity index is 1100. The van der Waals surface area contributed by atoms with Gasteiger partial charge in [0.15, 0.2) is 0 Å². The number of nitrogens with zero attached hydrogens (tertiary/aromatic N) is 1. The van der Waals surface area contributed by atoms with Gasteiger partial charge >= 0.3 is 0 Å². The lowest BCUT2D eigenvalue weighted by Crippen LogP contribution is -2.36.